The molecule has 1 rings (SSSR count). The molecule has 0 aliphatic carbocycles. The van der Waals surface area contributed by atoms with Gasteiger partial charge in [0.25, 0.3) is 5.76 Å². The van der Waals surface area contributed by atoms with Gasteiger partial charge in [-0.3, -0.25) is 0 Å². The highest BCUT2D eigenvalue weighted by atomic mass is 32.2. The van der Waals surface area contributed by atoms with E-state index in [1.165, 1.54) is 12.1 Å². The molecule has 8 heteroatoms. The highest BCUT2D eigenvalue weighted by Crippen LogP contribution is 2.21. The third-order valence-electron chi connectivity index (χ3n) is 1.69. The summed E-state index contributed by atoms with van der Waals surface area (Å²) in [5.41, 5.74) is 0. The number of furan rings is 1. The van der Waals surface area contributed by atoms with Crippen molar-refractivity contribution in [1.29, 1.82) is 0 Å². The van der Waals surface area contributed by atoms with Gasteiger partial charge in [-0.15, -0.1) is 0 Å². The zero-order valence-electron chi connectivity index (χ0n) is 8.56. The van der Waals surface area contributed by atoms with Crippen LogP contribution in [0.25, 0.3) is 0 Å². The van der Waals surface area contributed by atoms with Crippen LogP contribution in [-0.2, 0) is 12.3 Å². The van der Waals surface area contributed by atoms with E-state index in [1.807, 2.05) is 0 Å². The van der Waals surface area contributed by atoms with Crippen LogP contribution in [0.5, 0.6) is 0 Å². The maximum absolute atomic E-state index is 11.8. The summed E-state index contributed by atoms with van der Waals surface area (Å²) < 4.78 is 64.1. The van der Waals surface area contributed by atoms with Gasteiger partial charge in [-0.25, -0.2) is 0 Å². The fraction of sp³-hybridized carbons (Fsp3) is 0.556. The minimum absolute atomic E-state index is 0.00304. The minimum atomic E-state index is -4.28. The average molecular weight is 275 g/mol. The number of thioether (sulfide) groups is 1. The normalized spacial score (nSPS) is 12.4. The Labute approximate surface area is 98.6 Å². The molecule has 0 bridgehead atoms. The number of hydrogen-bond donors (Lipinski definition) is 1. The van der Waals surface area contributed by atoms with Crippen molar-refractivity contribution in [3.8, 4) is 0 Å². The van der Waals surface area contributed by atoms with Crippen molar-refractivity contribution in [2.24, 2.45) is 0 Å². The number of hydrogen-bond acceptors (Lipinski definition) is 3. The van der Waals surface area contributed by atoms with Gasteiger partial charge >= 0.3 is 6.18 Å². The maximum Gasteiger partial charge on any atom is 0.401 e. The molecule has 0 unspecified atom stereocenters. The van der Waals surface area contributed by atoms with Crippen LogP contribution in [0.1, 0.15) is 11.5 Å². The first-order chi connectivity index (χ1) is 7.87. The first-order valence-corrected chi connectivity index (χ1v) is 5.66. The Morgan fingerprint density at radius 2 is 1.88 bits per heavy atom. The number of alkyl halides is 5. The van der Waals surface area contributed by atoms with E-state index in [0.29, 0.717) is 23.3 Å². The number of halogens is 5. The Hall–Kier alpha value is -0.760. The highest BCUT2D eigenvalue weighted by molar-refractivity contribution is 7.98. The molecule has 0 saturated carbocycles. The predicted molar refractivity (Wildman–Crippen MR) is 53.8 cm³/mol. The Bertz CT molecular complexity index is 338. The molecule has 0 atom stereocenters. The number of rotatable bonds is 6. The molecular formula is C9H10F5NOS. The predicted octanol–water partition coefficient (Wildman–Crippen LogP) is 3.39. The molecule has 0 spiro atoms. The van der Waals surface area contributed by atoms with Crippen molar-refractivity contribution in [3.63, 3.8) is 0 Å². The average Bonchev–Trinajstić information content (AvgIpc) is 2.61. The van der Waals surface area contributed by atoms with E-state index in [0.717, 1.165) is 0 Å². The van der Waals surface area contributed by atoms with Gasteiger partial charge in [0.1, 0.15) is 11.5 Å². The van der Waals surface area contributed by atoms with Gasteiger partial charge in [-0.1, -0.05) is 11.8 Å². The zero-order valence-corrected chi connectivity index (χ0v) is 9.38. The number of nitrogens with one attached hydrogen (secondary N) is 1. The summed E-state index contributed by atoms with van der Waals surface area (Å²) in [6, 6.07) is 2.94. The van der Waals surface area contributed by atoms with Crippen LogP contribution < -0.4 is 5.32 Å². The second kappa shape index (κ2) is 6.25. The molecule has 1 N–H and O–H groups in total. The van der Waals surface area contributed by atoms with Crippen molar-refractivity contribution < 1.29 is 26.4 Å². The SMILES string of the molecule is FC(F)SCc1ccc(CNCC(F)(F)F)o1. The summed E-state index contributed by atoms with van der Waals surface area (Å²) >= 11 is 0.398. The standard InChI is InChI=1S/C9H10F5NOS/c10-8(11)17-4-7-2-1-6(16-7)3-15-5-9(12,13)14/h1-2,8,15H,3-5H2. The van der Waals surface area contributed by atoms with Crippen LogP contribution in [0, 0.1) is 0 Å². The zero-order chi connectivity index (χ0) is 12.9. The lowest BCUT2D eigenvalue weighted by Crippen LogP contribution is -2.28. The fourth-order valence-corrected chi connectivity index (χ4v) is 1.51. The molecule has 0 amide bonds. The maximum atomic E-state index is 11.8. The van der Waals surface area contributed by atoms with Crippen LogP contribution in [0.2, 0.25) is 0 Å². The van der Waals surface area contributed by atoms with Gasteiger partial charge < -0.3 is 9.73 Å². The van der Waals surface area contributed by atoms with Crippen molar-refractivity contribution in [3.05, 3.63) is 23.7 Å². The molecule has 0 aromatic carbocycles. The van der Waals surface area contributed by atoms with Gasteiger partial charge in [0.05, 0.1) is 18.8 Å². The summed E-state index contributed by atoms with van der Waals surface area (Å²) in [5, 5.41) is 2.15. The molecule has 17 heavy (non-hydrogen) atoms. The van der Waals surface area contributed by atoms with Gasteiger partial charge in [0.2, 0.25) is 0 Å². The molecule has 0 saturated heterocycles. The Morgan fingerprint density at radius 1 is 1.24 bits per heavy atom. The van der Waals surface area contributed by atoms with Crippen LogP contribution in [0.3, 0.4) is 0 Å². The van der Waals surface area contributed by atoms with Gasteiger partial charge in [-0.2, -0.15) is 22.0 Å². The van der Waals surface area contributed by atoms with Crippen LogP contribution in [0.4, 0.5) is 22.0 Å². The molecule has 0 fully saturated rings. The van der Waals surface area contributed by atoms with E-state index in [2.05, 4.69) is 5.32 Å². The Morgan fingerprint density at radius 3 is 2.47 bits per heavy atom. The second-order valence-electron chi connectivity index (χ2n) is 3.16. The van der Waals surface area contributed by atoms with E-state index >= 15 is 0 Å². The van der Waals surface area contributed by atoms with Crippen LogP contribution in [0.15, 0.2) is 16.5 Å². The van der Waals surface area contributed by atoms with E-state index in [1.54, 1.807) is 0 Å². The highest BCUT2D eigenvalue weighted by Gasteiger charge is 2.26. The van der Waals surface area contributed by atoms with Gasteiger partial charge in [-0.05, 0) is 12.1 Å². The Balaban J connectivity index is 2.31. The summed E-state index contributed by atoms with van der Waals surface area (Å²) in [4.78, 5) is 0. The van der Waals surface area contributed by atoms with E-state index < -0.39 is 18.5 Å². The Kier molecular flexibility index (Phi) is 5.26. The first kappa shape index (κ1) is 14.3. The van der Waals surface area contributed by atoms with Crippen molar-refractivity contribution in [2.75, 3.05) is 6.54 Å². The molecule has 0 radical (unpaired) electrons. The van der Waals surface area contributed by atoms with Crippen LogP contribution >= 0.6 is 11.8 Å². The van der Waals surface area contributed by atoms with Crippen molar-refractivity contribution in [2.45, 2.75) is 24.2 Å². The molecule has 1 heterocycles. The summed E-state index contributed by atoms with van der Waals surface area (Å²) in [7, 11) is 0. The monoisotopic (exact) mass is 275 g/mol. The summed E-state index contributed by atoms with van der Waals surface area (Å²) in [6.07, 6.45) is -4.28. The largest absolute Gasteiger partial charge is 0.464 e. The first-order valence-electron chi connectivity index (χ1n) is 4.61. The summed E-state index contributed by atoms with van der Waals surface area (Å²) in [6.45, 7) is -1.20. The van der Waals surface area contributed by atoms with Gasteiger partial charge in [0.15, 0.2) is 0 Å². The lowest BCUT2D eigenvalue weighted by atomic mass is 10.4. The third-order valence-corrected chi connectivity index (χ3v) is 2.40. The smallest absolute Gasteiger partial charge is 0.401 e. The van der Waals surface area contributed by atoms with Crippen molar-refractivity contribution >= 4 is 11.8 Å². The van der Waals surface area contributed by atoms with Gasteiger partial charge in [0, 0.05) is 0 Å². The van der Waals surface area contributed by atoms with E-state index in [-0.39, 0.29) is 12.3 Å². The molecule has 1 aromatic heterocycles. The van der Waals surface area contributed by atoms with E-state index in [9.17, 15) is 22.0 Å². The third kappa shape index (κ3) is 6.52. The lowest BCUT2D eigenvalue weighted by molar-refractivity contribution is -0.125. The van der Waals surface area contributed by atoms with E-state index in [4.69, 9.17) is 4.42 Å². The molecule has 2 nitrogen and oxygen atoms in total. The molecule has 98 valence electrons. The minimum Gasteiger partial charge on any atom is -0.464 e. The second-order valence-corrected chi connectivity index (χ2v) is 4.14. The topological polar surface area (TPSA) is 25.2 Å². The molecule has 0 aliphatic rings. The molecular weight excluding hydrogens is 265 g/mol. The van der Waals surface area contributed by atoms with Crippen molar-refractivity contribution in [1.82, 2.24) is 5.32 Å². The molecule has 1 aromatic rings. The fourth-order valence-electron chi connectivity index (χ4n) is 1.07. The molecule has 0 aliphatic heterocycles. The lowest BCUT2D eigenvalue weighted by Gasteiger charge is -2.06. The summed E-state index contributed by atoms with van der Waals surface area (Å²) in [5.74, 6) is -1.89. The quantitative estimate of drug-likeness (QED) is 0.806. The van der Waals surface area contributed by atoms with Crippen LogP contribution in [-0.4, -0.2) is 18.5 Å².